The van der Waals surface area contributed by atoms with E-state index in [0.29, 0.717) is 0 Å². The molecule has 0 aliphatic rings. The van der Waals surface area contributed by atoms with Crippen molar-refractivity contribution in [3.63, 3.8) is 0 Å². The monoisotopic (exact) mass is 451 g/mol. The Morgan fingerprint density at radius 3 is 2.33 bits per heavy atom. The number of anilines is 1. The zero-order valence-corrected chi connectivity index (χ0v) is 18.5. The molecule has 2 rings (SSSR count). The van der Waals surface area contributed by atoms with Crippen LogP contribution in [0.2, 0.25) is 5.02 Å². The molecule has 2 aromatic carbocycles. The number of ether oxygens (including phenoxy) is 3. The highest BCUT2D eigenvalue weighted by Gasteiger charge is 2.30. The second-order valence-corrected chi connectivity index (χ2v) is 8.06. The average Bonchev–Trinajstić information content (AvgIpc) is 2.75. The molecule has 0 amide bonds. The summed E-state index contributed by atoms with van der Waals surface area (Å²) in [4.78, 5) is 11.9. The van der Waals surface area contributed by atoms with Crippen molar-refractivity contribution < 1.29 is 27.4 Å². The summed E-state index contributed by atoms with van der Waals surface area (Å²) in [6.45, 7) is 3.41. The molecule has 0 bridgehead atoms. The molecule has 0 fully saturated rings. The minimum Gasteiger partial charge on any atom is -0.495 e. The molecule has 0 spiro atoms. The predicted octanol–water partition coefficient (Wildman–Crippen LogP) is 4.78. The highest BCUT2D eigenvalue weighted by atomic mass is 35.5. The maximum Gasteiger partial charge on any atom is 0.337 e. The Morgan fingerprint density at radius 2 is 1.73 bits per heavy atom. The molecule has 0 radical (unpaired) electrons. The van der Waals surface area contributed by atoms with E-state index in [1.54, 1.807) is 26.0 Å². The molecule has 0 N–H and O–H groups in total. The van der Waals surface area contributed by atoms with Gasteiger partial charge in [0.05, 0.1) is 26.0 Å². The number of carbonyl (C=O) groups excluding carboxylic acids is 1. The number of hydrogen-bond acceptors (Lipinski definition) is 6. The van der Waals surface area contributed by atoms with Gasteiger partial charge in [-0.05, 0) is 50.2 Å². The molecule has 0 aliphatic heterocycles. The van der Waals surface area contributed by atoms with Crippen molar-refractivity contribution in [3.8, 4) is 11.5 Å². The van der Waals surface area contributed by atoms with Crippen molar-refractivity contribution >= 4 is 33.3 Å². The molecular weight excluding hydrogens is 430 g/mol. The molecule has 0 aromatic heterocycles. The first kappa shape index (κ1) is 23.3. The van der Waals surface area contributed by atoms with E-state index in [-0.39, 0.29) is 32.7 Å². The lowest BCUT2D eigenvalue weighted by molar-refractivity contribution is 0.0600. The molecule has 0 saturated carbocycles. The van der Waals surface area contributed by atoms with Gasteiger partial charge in [-0.2, -0.15) is 0 Å². The van der Waals surface area contributed by atoms with E-state index in [2.05, 4.69) is 0 Å². The van der Waals surface area contributed by atoms with E-state index < -0.39 is 16.0 Å². The largest absolute Gasteiger partial charge is 0.495 e. The number of methoxy groups -OCH3 is 2. The van der Waals surface area contributed by atoms with Crippen LogP contribution < -0.4 is 13.8 Å². The number of allylic oxidation sites excluding steroid dienone is 2. The molecule has 0 aliphatic carbocycles. The van der Waals surface area contributed by atoms with Gasteiger partial charge in [0, 0.05) is 11.2 Å². The standard InChI is InChI=1S/C21H22ClNO6S/c1-5-11-23(30(25,26)20-14-16(22)8-10-19(20)27-3)17-13-15(21(24)28-4)7-9-18(17)29-12-6-2/h5-14H,1-4H3. The summed E-state index contributed by atoms with van der Waals surface area (Å²) in [6.07, 6.45) is 5.93. The van der Waals surface area contributed by atoms with Gasteiger partial charge in [-0.1, -0.05) is 23.8 Å². The van der Waals surface area contributed by atoms with Gasteiger partial charge < -0.3 is 14.2 Å². The van der Waals surface area contributed by atoms with Crippen LogP contribution >= 0.6 is 11.6 Å². The molecule has 30 heavy (non-hydrogen) atoms. The number of halogens is 1. The molecular formula is C21H22ClNO6S. The Labute approximate surface area is 181 Å². The number of sulfonamides is 1. The van der Waals surface area contributed by atoms with Crippen LogP contribution in [0.1, 0.15) is 24.2 Å². The third-order valence-corrected chi connectivity index (χ3v) is 5.84. The van der Waals surface area contributed by atoms with E-state index in [9.17, 15) is 13.2 Å². The Morgan fingerprint density at radius 1 is 1.03 bits per heavy atom. The van der Waals surface area contributed by atoms with Crippen LogP contribution in [-0.2, 0) is 14.8 Å². The van der Waals surface area contributed by atoms with E-state index in [1.165, 1.54) is 63.1 Å². The van der Waals surface area contributed by atoms with Crippen molar-refractivity contribution in [2.45, 2.75) is 18.7 Å². The predicted molar refractivity (Wildman–Crippen MR) is 116 cm³/mol. The Hall–Kier alpha value is -2.97. The van der Waals surface area contributed by atoms with Crippen molar-refractivity contribution in [1.29, 1.82) is 0 Å². The average molecular weight is 452 g/mol. The normalized spacial score (nSPS) is 11.6. The number of nitrogens with zero attached hydrogens (tertiary/aromatic N) is 1. The van der Waals surface area contributed by atoms with Crippen molar-refractivity contribution in [2.75, 3.05) is 18.5 Å². The SMILES string of the molecule is CC=COc1ccc(C(=O)OC)cc1N(C=CC)S(=O)(=O)c1cc(Cl)ccc1OC. The van der Waals surface area contributed by atoms with Gasteiger partial charge in [-0.25, -0.2) is 17.5 Å². The lowest BCUT2D eigenvalue weighted by Gasteiger charge is -2.24. The van der Waals surface area contributed by atoms with Crippen molar-refractivity contribution in [3.05, 3.63) is 71.6 Å². The maximum atomic E-state index is 13.6. The van der Waals surface area contributed by atoms with Gasteiger partial charge in [0.1, 0.15) is 16.3 Å². The minimum atomic E-state index is -4.20. The summed E-state index contributed by atoms with van der Waals surface area (Å²) < 4.78 is 43.7. The van der Waals surface area contributed by atoms with E-state index in [0.717, 1.165) is 4.31 Å². The van der Waals surface area contributed by atoms with Crippen LogP contribution in [0.5, 0.6) is 11.5 Å². The Bertz CT molecular complexity index is 1080. The fourth-order valence-electron chi connectivity index (χ4n) is 2.56. The number of carbonyl (C=O) groups is 1. The van der Waals surface area contributed by atoms with Crippen LogP contribution in [0, 0.1) is 0 Å². The first-order valence-corrected chi connectivity index (χ1v) is 10.6. The highest BCUT2D eigenvalue weighted by molar-refractivity contribution is 7.93. The molecule has 0 unspecified atom stereocenters. The summed E-state index contributed by atoms with van der Waals surface area (Å²) in [5.41, 5.74) is 0.263. The van der Waals surface area contributed by atoms with Gasteiger partial charge >= 0.3 is 5.97 Å². The molecule has 0 heterocycles. The maximum absolute atomic E-state index is 13.6. The molecule has 7 nitrogen and oxygen atoms in total. The first-order valence-electron chi connectivity index (χ1n) is 8.81. The summed E-state index contributed by atoms with van der Waals surface area (Å²) in [5.74, 6) is -0.288. The number of benzene rings is 2. The lowest BCUT2D eigenvalue weighted by Crippen LogP contribution is -2.27. The van der Waals surface area contributed by atoms with Gasteiger partial charge in [0.25, 0.3) is 10.0 Å². The third-order valence-electron chi connectivity index (χ3n) is 3.90. The van der Waals surface area contributed by atoms with E-state index >= 15 is 0 Å². The fourth-order valence-corrected chi connectivity index (χ4v) is 4.37. The second kappa shape index (κ2) is 10.2. The lowest BCUT2D eigenvalue weighted by atomic mass is 10.2. The van der Waals surface area contributed by atoms with E-state index in [1.807, 2.05) is 0 Å². The van der Waals surface area contributed by atoms with Gasteiger partial charge in [-0.15, -0.1) is 0 Å². The molecule has 2 aromatic rings. The molecule has 0 saturated heterocycles. The highest BCUT2D eigenvalue weighted by Crippen LogP contribution is 2.37. The Balaban J connectivity index is 2.78. The summed E-state index contributed by atoms with van der Waals surface area (Å²) in [6, 6.07) is 8.63. The Kier molecular flexibility index (Phi) is 7.91. The zero-order valence-electron chi connectivity index (χ0n) is 17.0. The fraction of sp³-hybridized carbons (Fsp3) is 0.190. The van der Waals surface area contributed by atoms with Crippen LogP contribution in [0.4, 0.5) is 5.69 Å². The number of esters is 1. The smallest absolute Gasteiger partial charge is 0.337 e. The first-order chi connectivity index (χ1) is 14.3. The minimum absolute atomic E-state index is 0.108. The van der Waals surface area contributed by atoms with Crippen LogP contribution in [0.3, 0.4) is 0 Å². The summed E-state index contributed by atoms with van der Waals surface area (Å²) >= 11 is 6.04. The van der Waals surface area contributed by atoms with Crippen LogP contribution in [0.15, 0.2) is 65.9 Å². The van der Waals surface area contributed by atoms with Gasteiger partial charge in [-0.3, -0.25) is 0 Å². The molecule has 9 heteroatoms. The molecule has 0 atom stereocenters. The summed E-state index contributed by atoms with van der Waals surface area (Å²) in [7, 11) is -1.60. The topological polar surface area (TPSA) is 82.1 Å². The summed E-state index contributed by atoms with van der Waals surface area (Å²) in [5, 5.41) is 0.225. The van der Waals surface area contributed by atoms with Gasteiger partial charge in [0.2, 0.25) is 0 Å². The van der Waals surface area contributed by atoms with Gasteiger partial charge in [0.15, 0.2) is 5.75 Å². The number of hydrogen-bond donors (Lipinski definition) is 0. The second-order valence-electron chi connectivity index (χ2n) is 5.84. The van der Waals surface area contributed by atoms with Crippen molar-refractivity contribution in [2.24, 2.45) is 0 Å². The van der Waals surface area contributed by atoms with Crippen LogP contribution in [-0.4, -0.2) is 28.6 Å². The quantitative estimate of drug-likeness (QED) is 0.424. The van der Waals surface area contributed by atoms with Crippen molar-refractivity contribution in [1.82, 2.24) is 0 Å². The van der Waals surface area contributed by atoms with E-state index in [4.69, 9.17) is 25.8 Å². The third kappa shape index (κ3) is 4.95. The van der Waals surface area contributed by atoms with Crippen LogP contribution in [0.25, 0.3) is 0 Å². The molecule has 160 valence electrons. The number of rotatable bonds is 8. The zero-order chi connectivity index (χ0) is 22.3.